The Kier molecular flexibility index (Phi) is 5.15. The van der Waals surface area contributed by atoms with Crippen molar-refractivity contribution in [1.29, 1.82) is 0 Å². The monoisotopic (exact) mass is 311 g/mol. The van der Waals surface area contributed by atoms with E-state index in [1.54, 1.807) is 18.2 Å². The summed E-state index contributed by atoms with van der Waals surface area (Å²) in [5.41, 5.74) is 6.72. The Bertz CT molecular complexity index is 632. The summed E-state index contributed by atoms with van der Waals surface area (Å²) < 4.78 is 33.0. The summed E-state index contributed by atoms with van der Waals surface area (Å²) in [6, 6.07) is 8.81. The maximum absolute atomic E-state index is 13.9. The van der Waals surface area contributed by atoms with Crippen LogP contribution in [0.15, 0.2) is 36.4 Å². The van der Waals surface area contributed by atoms with Crippen molar-refractivity contribution in [1.82, 2.24) is 0 Å². The number of rotatable bonds is 5. The molecular weight excluding hydrogens is 296 g/mol. The number of nitrogens with two attached hydrogens (primary N) is 1. The Morgan fingerprint density at radius 1 is 1.14 bits per heavy atom. The number of para-hydroxylation sites is 1. The summed E-state index contributed by atoms with van der Waals surface area (Å²) in [5.74, 6) is -0.848. The van der Waals surface area contributed by atoms with E-state index in [1.165, 1.54) is 18.2 Å². The Hall–Kier alpha value is -1.65. The highest BCUT2D eigenvalue weighted by molar-refractivity contribution is 6.30. The van der Waals surface area contributed by atoms with Gasteiger partial charge in [0.25, 0.3) is 0 Å². The van der Waals surface area contributed by atoms with Crippen LogP contribution in [0.4, 0.5) is 8.78 Å². The second-order valence-electron chi connectivity index (χ2n) is 4.93. The molecule has 0 fully saturated rings. The van der Waals surface area contributed by atoms with E-state index < -0.39 is 11.6 Å². The van der Waals surface area contributed by atoms with Gasteiger partial charge in [0.2, 0.25) is 0 Å². The van der Waals surface area contributed by atoms with Crippen molar-refractivity contribution in [2.45, 2.75) is 26.0 Å². The summed E-state index contributed by atoms with van der Waals surface area (Å²) in [7, 11) is 0. The number of benzene rings is 2. The van der Waals surface area contributed by atoms with Crippen LogP contribution in [0.5, 0.6) is 5.75 Å². The molecule has 5 heteroatoms. The third kappa shape index (κ3) is 4.16. The van der Waals surface area contributed by atoms with Gasteiger partial charge in [0.05, 0.1) is 0 Å². The van der Waals surface area contributed by atoms with Crippen molar-refractivity contribution in [2.24, 2.45) is 5.73 Å². The molecule has 2 rings (SSSR count). The van der Waals surface area contributed by atoms with E-state index in [2.05, 4.69) is 0 Å². The van der Waals surface area contributed by atoms with Gasteiger partial charge >= 0.3 is 0 Å². The molecule has 112 valence electrons. The van der Waals surface area contributed by atoms with Crippen molar-refractivity contribution < 1.29 is 13.5 Å². The molecule has 1 atom stereocenters. The lowest BCUT2D eigenvalue weighted by Crippen LogP contribution is -2.18. The molecule has 2 N–H and O–H groups in total. The maximum atomic E-state index is 13.9. The molecule has 0 aromatic heterocycles. The Balaban J connectivity index is 2.19. The Morgan fingerprint density at radius 2 is 1.90 bits per heavy atom. The molecule has 21 heavy (non-hydrogen) atoms. The van der Waals surface area contributed by atoms with Crippen LogP contribution in [0.2, 0.25) is 5.02 Å². The highest BCUT2D eigenvalue weighted by Crippen LogP contribution is 2.25. The molecule has 0 aliphatic carbocycles. The first-order valence-corrected chi connectivity index (χ1v) is 6.95. The molecule has 0 saturated carbocycles. The molecule has 2 aromatic carbocycles. The molecule has 0 saturated heterocycles. The molecule has 2 aromatic rings. The van der Waals surface area contributed by atoms with E-state index >= 15 is 0 Å². The lowest BCUT2D eigenvalue weighted by molar-refractivity contribution is 0.281. The van der Waals surface area contributed by atoms with E-state index in [-0.39, 0.29) is 18.4 Å². The lowest BCUT2D eigenvalue weighted by atomic mass is 10.1. The van der Waals surface area contributed by atoms with Crippen LogP contribution in [0, 0.1) is 11.6 Å². The zero-order valence-electron chi connectivity index (χ0n) is 11.6. The number of ether oxygens (including phenoxy) is 1. The minimum atomic E-state index is -0.484. The molecule has 0 amide bonds. The van der Waals surface area contributed by atoms with Gasteiger partial charge in [-0.15, -0.1) is 0 Å². The van der Waals surface area contributed by atoms with E-state index in [9.17, 15) is 8.78 Å². The first-order chi connectivity index (χ1) is 9.97. The van der Waals surface area contributed by atoms with E-state index in [1.807, 2.05) is 6.92 Å². The van der Waals surface area contributed by atoms with Crippen LogP contribution in [0.1, 0.15) is 18.1 Å². The smallest absolute Gasteiger partial charge is 0.165 e. The molecule has 1 unspecified atom stereocenters. The largest absolute Gasteiger partial charge is 0.485 e. The van der Waals surface area contributed by atoms with Gasteiger partial charge in [-0.2, -0.15) is 0 Å². The molecule has 0 bridgehead atoms. The Labute approximate surface area is 127 Å². The van der Waals surface area contributed by atoms with Gasteiger partial charge in [-0.1, -0.05) is 29.8 Å². The van der Waals surface area contributed by atoms with E-state index in [0.29, 0.717) is 22.6 Å². The molecule has 0 heterocycles. The summed E-state index contributed by atoms with van der Waals surface area (Å²) in [6.45, 7) is 1.75. The first-order valence-electron chi connectivity index (χ1n) is 6.57. The zero-order chi connectivity index (χ0) is 15.4. The fourth-order valence-electron chi connectivity index (χ4n) is 2.01. The van der Waals surface area contributed by atoms with Gasteiger partial charge in [-0.25, -0.2) is 8.78 Å². The van der Waals surface area contributed by atoms with Crippen LogP contribution in [0.25, 0.3) is 0 Å². The predicted molar refractivity (Wildman–Crippen MR) is 79.5 cm³/mol. The molecule has 0 aliphatic heterocycles. The number of halogens is 3. The maximum Gasteiger partial charge on any atom is 0.165 e. The minimum absolute atomic E-state index is 0.0735. The second kappa shape index (κ2) is 6.87. The summed E-state index contributed by atoms with van der Waals surface area (Å²) in [4.78, 5) is 0. The van der Waals surface area contributed by atoms with Crippen LogP contribution in [-0.4, -0.2) is 6.04 Å². The standard InChI is InChI=1S/C16H16ClF2NO/c1-10(20)7-11-3-2-4-14(18)16(11)21-9-12-5-6-13(17)8-15(12)19/h2-6,8,10H,7,9,20H2,1H3. The topological polar surface area (TPSA) is 35.2 Å². The van der Waals surface area contributed by atoms with Gasteiger partial charge < -0.3 is 10.5 Å². The van der Waals surface area contributed by atoms with Gasteiger partial charge in [0, 0.05) is 16.6 Å². The van der Waals surface area contributed by atoms with Crippen molar-refractivity contribution in [3.63, 3.8) is 0 Å². The third-order valence-electron chi connectivity index (χ3n) is 2.98. The lowest BCUT2D eigenvalue weighted by Gasteiger charge is -2.14. The van der Waals surface area contributed by atoms with Crippen molar-refractivity contribution in [2.75, 3.05) is 0 Å². The fourth-order valence-corrected chi connectivity index (χ4v) is 2.17. The summed E-state index contributed by atoms with van der Waals surface area (Å²) in [5, 5.41) is 0.305. The minimum Gasteiger partial charge on any atom is -0.485 e. The fraction of sp³-hybridized carbons (Fsp3) is 0.250. The van der Waals surface area contributed by atoms with Gasteiger partial charge in [-0.05, 0) is 37.1 Å². The van der Waals surface area contributed by atoms with Gasteiger partial charge in [0.1, 0.15) is 12.4 Å². The van der Waals surface area contributed by atoms with Crippen LogP contribution in [-0.2, 0) is 13.0 Å². The second-order valence-corrected chi connectivity index (χ2v) is 5.37. The average Bonchev–Trinajstić information content (AvgIpc) is 2.39. The molecule has 2 nitrogen and oxygen atoms in total. The van der Waals surface area contributed by atoms with Gasteiger partial charge in [-0.3, -0.25) is 0 Å². The normalized spacial score (nSPS) is 12.2. The number of hydrogen-bond acceptors (Lipinski definition) is 2. The highest BCUT2D eigenvalue weighted by Gasteiger charge is 2.12. The zero-order valence-corrected chi connectivity index (χ0v) is 12.3. The Morgan fingerprint density at radius 3 is 2.57 bits per heavy atom. The molecule has 0 radical (unpaired) electrons. The molecule has 0 spiro atoms. The van der Waals surface area contributed by atoms with Gasteiger partial charge in [0.15, 0.2) is 11.6 Å². The molecular formula is C16H16ClF2NO. The number of hydrogen-bond donors (Lipinski definition) is 1. The van der Waals surface area contributed by atoms with E-state index in [0.717, 1.165) is 0 Å². The third-order valence-corrected chi connectivity index (χ3v) is 3.21. The average molecular weight is 312 g/mol. The van der Waals surface area contributed by atoms with Crippen LogP contribution in [0.3, 0.4) is 0 Å². The van der Waals surface area contributed by atoms with Crippen molar-refractivity contribution >= 4 is 11.6 Å². The quantitative estimate of drug-likeness (QED) is 0.902. The highest BCUT2D eigenvalue weighted by atomic mass is 35.5. The van der Waals surface area contributed by atoms with Crippen molar-refractivity contribution in [3.8, 4) is 5.75 Å². The van der Waals surface area contributed by atoms with Crippen LogP contribution >= 0.6 is 11.6 Å². The predicted octanol–water partition coefficient (Wildman–Crippen LogP) is 4.09. The summed E-state index contributed by atoms with van der Waals surface area (Å²) >= 11 is 5.69. The van der Waals surface area contributed by atoms with E-state index in [4.69, 9.17) is 22.1 Å². The summed E-state index contributed by atoms with van der Waals surface area (Å²) in [6.07, 6.45) is 0.482. The van der Waals surface area contributed by atoms with Crippen LogP contribution < -0.4 is 10.5 Å². The molecule has 0 aliphatic rings. The first kappa shape index (κ1) is 15.7. The SMILES string of the molecule is CC(N)Cc1cccc(F)c1OCc1ccc(Cl)cc1F. The van der Waals surface area contributed by atoms with Crippen molar-refractivity contribution in [3.05, 3.63) is 64.2 Å².